The van der Waals surface area contributed by atoms with E-state index < -0.39 is 5.97 Å². The summed E-state index contributed by atoms with van der Waals surface area (Å²) < 4.78 is 5.08. The van der Waals surface area contributed by atoms with Gasteiger partial charge in [0.05, 0.1) is 7.11 Å². The lowest BCUT2D eigenvalue weighted by atomic mass is 9.82. The summed E-state index contributed by atoms with van der Waals surface area (Å²) in [5.74, 6) is 0.437. The second-order valence-electron chi connectivity index (χ2n) is 4.84. The molecule has 1 heterocycles. The van der Waals surface area contributed by atoms with Gasteiger partial charge in [-0.1, -0.05) is 13.0 Å². The Bertz CT molecular complexity index is 445. The summed E-state index contributed by atoms with van der Waals surface area (Å²) in [4.78, 5) is 11.2. The maximum Gasteiger partial charge on any atom is 0.339 e. The van der Waals surface area contributed by atoms with E-state index in [1.165, 1.54) is 7.11 Å². The van der Waals surface area contributed by atoms with Crippen molar-refractivity contribution in [2.45, 2.75) is 19.3 Å². The molecule has 0 spiro atoms. The average Bonchev–Trinajstić information content (AvgIpc) is 2.38. The van der Waals surface area contributed by atoms with E-state index in [1.54, 1.807) is 12.1 Å². The molecule has 1 aromatic carbocycles. The summed E-state index contributed by atoms with van der Waals surface area (Å²) in [7, 11) is 1.49. The maximum absolute atomic E-state index is 11.2. The van der Waals surface area contributed by atoms with E-state index in [-0.39, 0.29) is 5.56 Å². The Kier molecular flexibility index (Phi) is 3.87. The molecule has 2 N–H and O–H groups in total. The number of nitrogens with one attached hydrogen (secondary N) is 1. The van der Waals surface area contributed by atoms with Gasteiger partial charge >= 0.3 is 5.97 Å². The number of rotatable bonds is 3. The highest BCUT2D eigenvalue weighted by molar-refractivity contribution is 5.91. The molecular weight excluding hydrogens is 230 g/mol. The van der Waals surface area contributed by atoms with Crippen LogP contribution in [-0.2, 0) is 0 Å². The van der Waals surface area contributed by atoms with Gasteiger partial charge < -0.3 is 15.2 Å². The zero-order valence-electron chi connectivity index (χ0n) is 10.8. The lowest BCUT2D eigenvalue weighted by molar-refractivity contribution is 0.0693. The number of carbonyl (C=O) groups is 1. The van der Waals surface area contributed by atoms with Crippen molar-refractivity contribution >= 4 is 5.97 Å². The minimum absolute atomic E-state index is 0.251. The Morgan fingerprint density at radius 2 is 2.28 bits per heavy atom. The fourth-order valence-electron chi connectivity index (χ4n) is 2.63. The third kappa shape index (κ3) is 2.48. The number of carboxylic acids is 1. The molecule has 1 fully saturated rings. The summed E-state index contributed by atoms with van der Waals surface area (Å²) in [5, 5.41) is 12.5. The molecule has 1 aliphatic rings. The zero-order valence-corrected chi connectivity index (χ0v) is 10.8. The summed E-state index contributed by atoms with van der Waals surface area (Å²) in [6.07, 6.45) is 1.05. The van der Waals surface area contributed by atoms with Crippen LogP contribution in [0.25, 0.3) is 0 Å². The minimum atomic E-state index is -0.935. The van der Waals surface area contributed by atoms with E-state index in [1.807, 2.05) is 6.07 Å². The van der Waals surface area contributed by atoms with Gasteiger partial charge in [-0.3, -0.25) is 0 Å². The second kappa shape index (κ2) is 5.40. The summed E-state index contributed by atoms with van der Waals surface area (Å²) in [5.41, 5.74) is 1.35. The van der Waals surface area contributed by atoms with Crippen molar-refractivity contribution in [1.82, 2.24) is 5.32 Å². The fraction of sp³-hybridized carbons (Fsp3) is 0.500. The van der Waals surface area contributed by atoms with E-state index in [4.69, 9.17) is 4.74 Å². The predicted molar refractivity (Wildman–Crippen MR) is 69.3 cm³/mol. The summed E-state index contributed by atoms with van der Waals surface area (Å²) in [6, 6.07) is 5.50. The van der Waals surface area contributed by atoms with E-state index in [0.717, 1.165) is 25.1 Å². The number of methoxy groups -OCH3 is 1. The van der Waals surface area contributed by atoms with Crippen LogP contribution in [-0.4, -0.2) is 31.3 Å². The SMILES string of the molecule is COc1ccc([C@H]2CCNC[C@@H]2C)cc1C(=O)O. The van der Waals surface area contributed by atoms with Crippen molar-refractivity contribution in [2.24, 2.45) is 5.92 Å². The lowest BCUT2D eigenvalue weighted by Gasteiger charge is -2.30. The maximum atomic E-state index is 11.2. The summed E-state index contributed by atoms with van der Waals surface area (Å²) >= 11 is 0. The van der Waals surface area contributed by atoms with Gasteiger partial charge in [0.2, 0.25) is 0 Å². The van der Waals surface area contributed by atoms with E-state index in [0.29, 0.717) is 17.6 Å². The van der Waals surface area contributed by atoms with Gasteiger partial charge in [-0.15, -0.1) is 0 Å². The molecule has 18 heavy (non-hydrogen) atoms. The van der Waals surface area contributed by atoms with Crippen molar-refractivity contribution in [3.8, 4) is 5.75 Å². The molecule has 2 atom stereocenters. The highest BCUT2D eigenvalue weighted by Crippen LogP contribution is 2.32. The molecule has 2 rings (SSSR count). The first kappa shape index (κ1) is 12.9. The Morgan fingerprint density at radius 1 is 1.50 bits per heavy atom. The molecule has 0 amide bonds. The number of piperidine rings is 1. The quantitative estimate of drug-likeness (QED) is 0.861. The van der Waals surface area contributed by atoms with Gasteiger partial charge in [-0.2, -0.15) is 0 Å². The smallest absolute Gasteiger partial charge is 0.339 e. The number of hydrogen-bond acceptors (Lipinski definition) is 3. The Morgan fingerprint density at radius 3 is 2.89 bits per heavy atom. The van der Waals surface area contributed by atoms with E-state index in [9.17, 15) is 9.90 Å². The molecule has 1 aliphatic heterocycles. The molecule has 0 saturated carbocycles. The molecule has 0 bridgehead atoms. The molecule has 0 aromatic heterocycles. The number of carboxylic acid groups (broad SMARTS) is 1. The molecule has 1 aromatic rings. The molecule has 0 radical (unpaired) electrons. The van der Waals surface area contributed by atoms with Gasteiger partial charge in [0.15, 0.2) is 0 Å². The van der Waals surface area contributed by atoms with Crippen molar-refractivity contribution < 1.29 is 14.6 Å². The minimum Gasteiger partial charge on any atom is -0.496 e. The Hall–Kier alpha value is -1.55. The fourth-order valence-corrected chi connectivity index (χ4v) is 2.63. The first-order valence-electron chi connectivity index (χ1n) is 6.25. The lowest BCUT2D eigenvalue weighted by Crippen LogP contribution is -2.33. The first-order chi connectivity index (χ1) is 8.63. The average molecular weight is 249 g/mol. The van der Waals surface area contributed by atoms with Gasteiger partial charge in [0, 0.05) is 0 Å². The first-order valence-corrected chi connectivity index (χ1v) is 6.25. The van der Waals surface area contributed by atoms with Crippen molar-refractivity contribution in [1.29, 1.82) is 0 Å². The predicted octanol–water partition coefficient (Wildman–Crippen LogP) is 2.11. The normalized spacial score (nSPS) is 23.7. The number of hydrogen-bond donors (Lipinski definition) is 2. The summed E-state index contributed by atoms with van der Waals surface area (Å²) in [6.45, 7) is 4.17. The van der Waals surface area contributed by atoms with Crippen LogP contribution in [0.3, 0.4) is 0 Å². The van der Waals surface area contributed by atoms with Crippen LogP contribution in [0.1, 0.15) is 35.2 Å². The largest absolute Gasteiger partial charge is 0.496 e. The van der Waals surface area contributed by atoms with Crippen LogP contribution in [0.5, 0.6) is 5.75 Å². The van der Waals surface area contributed by atoms with Crippen molar-refractivity contribution in [2.75, 3.05) is 20.2 Å². The Labute approximate surface area is 107 Å². The van der Waals surface area contributed by atoms with Crippen molar-refractivity contribution in [3.63, 3.8) is 0 Å². The van der Waals surface area contributed by atoms with Gasteiger partial charge in [-0.25, -0.2) is 4.79 Å². The highest BCUT2D eigenvalue weighted by atomic mass is 16.5. The molecule has 4 heteroatoms. The van der Waals surface area contributed by atoms with E-state index >= 15 is 0 Å². The molecule has 1 saturated heterocycles. The molecule has 4 nitrogen and oxygen atoms in total. The topological polar surface area (TPSA) is 58.6 Å². The van der Waals surface area contributed by atoms with Gasteiger partial charge in [-0.05, 0) is 49.0 Å². The molecule has 0 aliphatic carbocycles. The van der Waals surface area contributed by atoms with Crippen LogP contribution < -0.4 is 10.1 Å². The van der Waals surface area contributed by atoms with Crippen LogP contribution >= 0.6 is 0 Å². The number of aromatic carboxylic acids is 1. The third-order valence-corrected chi connectivity index (χ3v) is 3.67. The molecule has 98 valence electrons. The van der Waals surface area contributed by atoms with Crippen molar-refractivity contribution in [3.05, 3.63) is 29.3 Å². The standard InChI is InChI=1S/C14H19NO3/c1-9-8-15-6-5-11(9)10-3-4-13(18-2)12(7-10)14(16)17/h3-4,7,9,11,15H,5-6,8H2,1-2H3,(H,16,17)/t9-,11-/m0/s1. The third-order valence-electron chi connectivity index (χ3n) is 3.67. The van der Waals surface area contributed by atoms with Crippen LogP contribution in [0, 0.1) is 5.92 Å². The monoisotopic (exact) mass is 249 g/mol. The van der Waals surface area contributed by atoms with Crippen LogP contribution in [0.15, 0.2) is 18.2 Å². The van der Waals surface area contributed by atoms with Gasteiger partial charge in [0.25, 0.3) is 0 Å². The highest BCUT2D eigenvalue weighted by Gasteiger charge is 2.24. The molecular formula is C14H19NO3. The van der Waals surface area contributed by atoms with E-state index in [2.05, 4.69) is 12.2 Å². The van der Waals surface area contributed by atoms with Crippen LogP contribution in [0.4, 0.5) is 0 Å². The van der Waals surface area contributed by atoms with Gasteiger partial charge in [0.1, 0.15) is 11.3 Å². The number of benzene rings is 1. The Balaban J connectivity index is 2.33. The zero-order chi connectivity index (χ0) is 13.1. The molecule has 0 unspecified atom stereocenters. The van der Waals surface area contributed by atoms with Crippen LogP contribution in [0.2, 0.25) is 0 Å². The number of ether oxygens (including phenoxy) is 1. The second-order valence-corrected chi connectivity index (χ2v) is 4.84.